The number of piperidine rings is 1. The van der Waals surface area contributed by atoms with Gasteiger partial charge in [-0.2, -0.15) is 0 Å². The molecule has 2 aromatic heterocycles. The summed E-state index contributed by atoms with van der Waals surface area (Å²) in [4.78, 5) is 7.09. The van der Waals surface area contributed by atoms with E-state index in [0.29, 0.717) is 6.04 Å². The minimum absolute atomic E-state index is 0.463. The molecule has 0 bridgehead atoms. The Morgan fingerprint density at radius 1 is 1.29 bits per heavy atom. The van der Waals surface area contributed by atoms with Crippen LogP contribution in [-0.4, -0.2) is 27.9 Å². The first-order valence-electron chi connectivity index (χ1n) is 6.18. The average molecular weight is 230 g/mol. The standard InChI is InChI=1S/C13H18N4/c1-16-7-3-2-4-12(16)11-9-17-8-10(14)5-6-13(17)15-11/h5-6,8-9,12H,2-4,7,14H2,1H3. The number of hydrogen-bond acceptors (Lipinski definition) is 3. The van der Waals surface area contributed by atoms with Crippen LogP contribution < -0.4 is 5.73 Å². The van der Waals surface area contributed by atoms with Gasteiger partial charge in [-0.15, -0.1) is 0 Å². The normalized spacial score (nSPS) is 22.1. The molecule has 1 aliphatic rings. The Bertz CT molecular complexity index is 531. The molecule has 0 aromatic carbocycles. The Labute approximate surface area is 101 Å². The van der Waals surface area contributed by atoms with Crippen molar-refractivity contribution >= 4 is 11.3 Å². The summed E-state index contributed by atoms with van der Waals surface area (Å²) in [5, 5.41) is 0. The van der Waals surface area contributed by atoms with E-state index >= 15 is 0 Å². The summed E-state index contributed by atoms with van der Waals surface area (Å²) < 4.78 is 2.02. The number of rotatable bonds is 1. The number of likely N-dealkylation sites (tertiary alicyclic amines) is 1. The van der Waals surface area contributed by atoms with E-state index in [2.05, 4.69) is 18.1 Å². The van der Waals surface area contributed by atoms with Crippen molar-refractivity contribution in [3.8, 4) is 0 Å². The predicted octanol–water partition coefficient (Wildman–Crippen LogP) is 2.07. The Morgan fingerprint density at radius 2 is 2.18 bits per heavy atom. The van der Waals surface area contributed by atoms with Crippen molar-refractivity contribution < 1.29 is 0 Å². The maximum Gasteiger partial charge on any atom is 0.137 e. The molecule has 1 fully saturated rings. The first kappa shape index (κ1) is 10.6. The van der Waals surface area contributed by atoms with Crippen molar-refractivity contribution in [2.24, 2.45) is 0 Å². The van der Waals surface area contributed by atoms with E-state index in [4.69, 9.17) is 10.7 Å². The lowest BCUT2D eigenvalue weighted by Crippen LogP contribution is -2.29. The van der Waals surface area contributed by atoms with Crippen LogP contribution in [0.2, 0.25) is 0 Å². The van der Waals surface area contributed by atoms with E-state index in [-0.39, 0.29) is 0 Å². The molecule has 3 heterocycles. The van der Waals surface area contributed by atoms with Gasteiger partial charge in [0, 0.05) is 18.1 Å². The van der Waals surface area contributed by atoms with Gasteiger partial charge < -0.3 is 10.1 Å². The fourth-order valence-electron chi connectivity index (χ4n) is 2.64. The van der Waals surface area contributed by atoms with Gasteiger partial charge in [-0.25, -0.2) is 4.98 Å². The summed E-state index contributed by atoms with van der Waals surface area (Å²) >= 11 is 0. The minimum atomic E-state index is 0.463. The molecule has 1 unspecified atom stereocenters. The number of pyridine rings is 1. The van der Waals surface area contributed by atoms with Gasteiger partial charge in [-0.3, -0.25) is 4.90 Å². The molecule has 0 saturated carbocycles. The summed E-state index contributed by atoms with van der Waals surface area (Å²) in [6.45, 7) is 1.17. The van der Waals surface area contributed by atoms with Crippen molar-refractivity contribution in [2.45, 2.75) is 25.3 Å². The summed E-state index contributed by atoms with van der Waals surface area (Å²) in [7, 11) is 2.18. The van der Waals surface area contributed by atoms with Crippen LogP contribution in [0.5, 0.6) is 0 Å². The molecule has 2 N–H and O–H groups in total. The van der Waals surface area contributed by atoms with E-state index in [0.717, 1.165) is 17.0 Å². The van der Waals surface area contributed by atoms with Crippen LogP contribution in [0.25, 0.3) is 5.65 Å². The van der Waals surface area contributed by atoms with Crippen LogP contribution in [-0.2, 0) is 0 Å². The van der Waals surface area contributed by atoms with Crippen LogP contribution in [0.15, 0.2) is 24.5 Å². The summed E-state index contributed by atoms with van der Waals surface area (Å²) in [5.41, 5.74) is 8.70. The predicted molar refractivity (Wildman–Crippen MR) is 68.8 cm³/mol. The van der Waals surface area contributed by atoms with Crippen LogP contribution in [0, 0.1) is 0 Å². The maximum absolute atomic E-state index is 5.78. The van der Waals surface area contributed by atoms with Crippen LogP contribution in [0.1, 0.15) is 31.0 Å². The average Bonchev–Trinajstić information content (AvgIpc) is 2.72. The van der Waals surface area contributed by atoms with Crippen LogP contribution in [0.4, 0.5) is 5.69 Å². The van der Waals surface area contributed by atoms with Gasteiger partial charge in [0.25, 0.3) is 0 Å². The summed E-state index contributed by atoms with van der Waals surface area (Å²) in [6.07, 6.45) is 7.83. The fourth-order valence-corrected chi connectivity index (χ4v) is 2.64. The molecule has 0 radical (unpaired) electrons. The smallest absolute Gasteiger partial charge is 0.137 e. The first-order valence-corrected chi connectivity index (χ1v) is 6.18. The molecular weight excluding hydrogens is 212 g/mol. The van der Waals surface area contributed by atoms with Gasteiger partial charge in [0.15, 0.2) is 0 Å². The number of imidazole rings is 1. The van der Waals surface area contributed by atoms with E-state index in [1.807, 2.05) is 22.7 Å². The zero-order valence-electron chi connectivity index (χ0n) is 10.1. The van der Waals surface area contributed by atoms with Crippen molar-refractivity contribution in [1.29, 1.82) is 0 Å². The lowest BCUT2D eigenvalue weighted by Gasteiger charge is -2.31. The maximum atomic E-state index is 5.78. The minimum Gasteiger partial charge on any atom is -0.398 e. The number of fused-ring (bicyclic) bond motifs is 1. The number of nitrogens with zero attached hydrogens (tertiary/aromatic N) is 3. The Kier molecular flexibility index (Phi) is 2.52. The molecule has 1 saturated heterocycles. The molecule has 90 valence electrons. The van der Waals surface area contributed by atoms with Crippen molar-refractivity contribution in [2.75, 3.05) is 19.3 Å². The number of anilines is 1. The van der Waals surface area contributed by atoms with Crippen LogP contribution in [0.3, 0.4) is 0 Å². The molecule has 0 spiro atoms. The van der Waals surface area contributed by atoms with Gasteiger partial charge in [0.1, 0.15) is 5.65 Å². The molecule has 0 amide bonds. The largest absolute Gasteiger partial charge is 0.398 e. The zero-order valence-corrected chi connectivity index (χ0v) is 10.1. The highest BCUT2D eigenvalue weighted by atomic mass is 15.2. The zero-order chi connectivity index (χ0) is 11.8. The molecule has 1 atom stereocenters. The van der Waals surface area contributed by atoms with Crippen LogP contribution >= 0.6 is 0 Å². The van der Waals surface area contributed by atoms with Gasteiger partial charge in [-0.1, -0.05) is 6.42 Å². The van der Waals surface area contributed by atoms with Crippen molar-refractivity contribution in [3.63, 3.8) is 0 Å². The molecule has 3 rings (SSSR count). The quantitative estimate of drug-likeness (QED) is 0.815. The second-order valence-electron chi connectivity index (χ2n) is 4.89. The molecule has 4 nitrogen and oxygen atoms in total. The monoisotopic (exact) mass is 230 g/mol. The number of nitrogens with two attached hydrogens (primary N) is 1. The lowest BCUT2D eigenvalue weighted by molar-refractivity contribution is 0.184. The Hall–Kier alpha value is -1.55. The highest BCUT2D eigenvalue weighted by Crippen LogP contribution is 2.29. The Balaban J connectivity index is 1.99. The molecular formula is C13H18N4. The number of nitrogen functional groups attached to an aromatic ring is 1. The van der Waals surface area contributed by atoms with Gasteiger partial charge in [0.2, 0.25) is 0 Å². The second-order valence-corrected chi connectivity index (χ2v) is 4.89. The first-order chi connectivity index (χ1) is 8.24. The van der Waals surface area contributed by atoms with Crippen molar-refractivity contribution in [3.05, 3.63) is 30.2 Å². The number of hydrogen-bond donors (Lipinski definition) is 1. The van der Waals surface area contributed by atoms with Gasteiger partial charge in [0.05, 0.1) is 11.7 Å². The van der Waals surface area contributed by atoms with E-state index < -0.39 is 0 Å². The van der Waals surface area contributed by atoms with E-state index in [1.165, 1.54) is 25.8 Å². The third-order valence-electron chi connectivity index (χ3n) is 3.60. The summed E-state index contributed by atoms with van der Waals surface area (Å²) in [6, 6.07) is 4.34. The lowest BCUT2D eigenvalue weighted by atomic mass is 10.0. The molecule has 1 aliphatic heterocycles. The molecule has 0 aliphatic carbocycles. The SMILES string of the molecule is CN1CCCCC1c1cn2cc(N)ccc2n1. The second kappa shape index (κ2) is 4.04. The fraction of sp³-hybridized carbons (Fsp3) is 0.462. The van der Waals surface area contributed by atoms with Crippen molar-refractivity contribution in [1.82, 2.24) is 14.3 Å². The summed E-state index contributed by atoms with van der Waals surface area (Å²) in [5.74, 6) is 0. The molecule has 17 heavy (non-hydrogen) atoms. The highest BCUT2D eigenvalue weighted by Gasteiger charge is 2.22. The molecule has 2 aromatic rings. The van der Waals surface area contributed by atoms with Gasteiger partial charge >= 0.3 is 0 Å². The third kappa shape index (κ3) is 1.89. The Morgan fingerprint density at radius 3 is 3.00 bits per heavy atom. The number of aromatic nitrogens is 2. The van der Waals surface area contributed by atoms with E-state index in [1.54, 1.807) is 0 Å². The highest BCUT2D eigenvalue weighted by molar-refractivity contribution is 5.48. The van der Waals surface area contributed by atoms with Gasteiger partial charge in [-0.05, 0) is 38.6 Å². The van der Waals surface area contributed by atoms with E-state index in [9.17, 15) is 0 Å². The topological polar surface area (TPSA) is 46.6 Å². The third-order valence-corrected chi connectivity index (χ3v) is 3.60. The molecule has 4 heteroatoms.